The molecule has 3 rings (SSSR count). The quantitative estimate of drug-likeness (QED) is 0.855. The van der Waals surface area contributed by atoms with Crippen molar-refractivity contribution in [1.29, 1.82) is 0 Å². The van der Waals surface area contributed by atoms with E-state index in [1.54, 1.807) is 5.51 Å². The second kappa shape index (κ2) is 4.42. The number of anilines is 2. The highest BCUT2D eigenvalue weighted by molar-refractivity contribution is 7.12. The van der Waals surface area contributed by atoms with E-state index in [0.717, 1.165) is 25.1 Å². The Labute approximate surface area is 109 Å². The lowest BCUT2D eigenvalue weighted by Gasteiger charge is -2.29. The number of aryl methyl sites for hydroxylation is 1. The first kappa shape index (κ1) is 11.2. The van der Waals surface area contributed by atoms with E-state index in [2.05, 4.69) is 11.1 Å². The number of fused-ring (bicyclic) bond motifs is 1. The number of nitrogens with two attached hydrogens (primary N) is 1. The molecule has 18 heavy (non-hydrogen) atoms. The summed E-state index contributed by atoms with van der Waals surface area (Å²) in [6.07, 6.45) is 2.01. The average Bonchev–Trinajstić information content (AvgIpc) is 2.83. The molecule has 1 amide bonds. The van der Waals surface area contributed by atoms with Gasteiger partial charge in [0.25, 0.3) is 5.91 Å². The van der Waals surface area contributed by atoms with Crippen molar-refractivity contribution in [3.05, 3.63) is 40.2 Å². The molecule has 1 aliphatic heterocycles. The summed E-state index contributed by atoms with van der Waals surface area (Å²) in [5.74, 6) is 0.287. The first-order valence-corrected chi connectivity index (χ1v) is 6.74. The fourth-order valence-corrected chi connectivity index (χ4v) is 2.94. The summed E-state index contributed by atoms with van der Waals surface area (Å²) in [7, 11) is 0. The van der Waals surface area contributed by atoms with Crippen molar-refractivity contribution in [2.24, 2.45) is 0 Å². The van der Waals surface area contributed by atoms with Crippen LogP contribution in [-0.4, -0.2) is 17.4 Å². The molecular formula is C13H13N3OS. The molecule has 0 radical (unpaired) electrons. The first-order valence-electron chi connectivity index (χ1n) is 5.86. The number of hydrogen-bond acceptors (Lipinski definition) is 4. The number of nitrogen functional groups attached to an aromatic ring is 1. The maximum absolute atomic E-state index is 12.5. The molecule has 0 bridgehead atoms. The van der Waals surface area contributed by atoms with E-state index in [0.29, 0.717) is 10.7 Å². The number of carbonyl (C=O) groups is 1. The zero-order valence-corrected chi connectivity index (χ0v) is 10.6. The molecule has 0 atom stereocenters. The van der Waals surface area contributed by atoms with E-state index in [1.165, 1.54) is 16.9 Å². The Balaban J connectivity index is 2.00. The Bertz CT molecular complexity index is 593. The van der Waals surface area contributed by atoms with E-state index in [-0.39, 0.29) is 5.91 Å². The molecule has 0 unspecified atom stereocenters. The van der Waals surface area contributed by atoms with Gasteiger partial charge in [0.1, 0.15) is 10.7 Å². The van der Waals surface area contributed by atoms with Gasteiger partial charge in [0, 0.05) is 12.2 Å². The maximum Gasteiger partial charge on any atom is 0.272 e. The zero-order chi connectivity index (χ0) is 12.5. The van der Waals surface area contributed by atoms with Crippen molar-refractivity contribution in [1.82, 2.24) is 4.98 Å². The predicted molar refractivity (Wildman–Crippen MR) is 73.0 cm³/mol. The molecule has 2 aromatic rings. The van der Waals surface area contributed by atoms with E-state index in [4.69, 9.17) is 5.73 Å². The Morgan fingerprint density at radius 3 is 3.00 bits per heavy atom. The molecule has 1 aromatic heterocycles. The van der Waals surface area contributed by atoms with Gasteiger partial charge in [-0.05, 0) is 24.5 Å². The number of carbonyl (C=O) groups excluding carboxylic acids is 1. The molecule has 2 heterocycles. The first-order chi connectivity index (χ1) is 8.77. The Hall–Kier alpha value is -1.88. The van der Waals surface area contributed by atoms with Crippen LogP contribution in [0.15, 0.2) is 29.8 Å². The topological polar surface area (TPSA) is 59.2 Å². The van der Waals surface area contributed by atoms with E-state index in [9.17, 15) is 4.79 Å². The number of rotatable bonds is 1. The van der Waals surface area contributed by atoms with Crippen LogP contribution >= 0.6 is 11.3 Å². The Kier molecular flexibility index (Phi) is 2.76. The summed E-state index contributed by atoms with van der Waals surface area (Å²) in [5, 5.41) is 0. The molecule has 0 aliphatic carbocycles. The van der Waals surface area contributed by atoms with Gasteiger partial charge in [0.2, 0.25) is 0 Å². The van der Waals surface area contributed by atoms with Crippen molar-refractivity contribution in [3.63, 3.8) is 0 Å². The highest BCUT2D eigenvalue weighted by Crippen LogP contribution is 2.29. The maximum atomic E-state index is 12.5. The molecule has 2 N–H and O–H groups in total. The molecule has 1 aromatic carbocycles. The second-order valence-corrected chi connectivity index (χ2v) is 5.11. The van der Waals surface area contributed by atoms with Gasteiger partial charge in [-0.2, -0.15) is 0 Å². The number of thiazole rings is 1. The minimum Gasteiger partial charge on any atom is -0.382 e. The minimum absolute atomic E-state index is 0.0397. The smallest absolute Gasteiger partial charge is 0.272 e. The highest BCUT2D eigenvalue weighted by atomic mass is 32.1. The van der Waals surface area contributed by atoms with Crippen LogP contribution in [-0.2, 0) is 6.42 Å². The van der Waals surface area contributed by atoms with Crippen LogP contribution in [0, 0.1) is 0 Å². The minimum atomic E-state index is -0.0397. The van der Waals surface area contributed by atoms with Crippen LogP contribution in [0.25, 0.3) is 0 Å². The summed E-state index contributed by atoms with van der Waals surface area (Å²) in [6.45, 7) is 0.743. The van der Waals surface area contributed by atoms with Gasteiger partial charge in [0.05, 0.1) is 5.51 Å². The number of para-hydroxylation sites is 1. The van der Waals surface area contributed by atoms with Gasteiger partial charge in [-0.15, -0.1) is 11.3 Å². The van der Waals surface area contributed by atoms with Crippen LogP contribution in [0.4, 0.5) is 11.5 Å². The molecule has 1 aliphatic rings. The van der Waals surface area contributed by atoms with E-state index >= 15 is 0 Å². The summed E-state index contributed by atoms with van der Waals surface area (Å²) >= 11 is 1.30. The standard InChI is InChI=1S/C13H13N3OS/c14-12-11(18-8-15-12)13(17)16-7-3-5-9-4-1-2-6-10(9)16/h1-2,4,6,8H,3,5,7,14H2. The van der Waals surface area contributed by atoms with Gasteiger partial charge in [0.15, 0.2) is 0 Å². The molecule has 0 fully saturated rings. The number of hydrogen-bond donors (Lipinski definition) is 1. The lowest BCUT2D eigenvalue weighted by Crippen LogP contribution is -2.35. The normalized spacial score (nSPS) is 14.3. The number of nitrogens with zero attached hydrogens (tertiary/aromatic N) is 2. The summed E-state index contributed by atoms with van der Waals surface area (Å²) in [5.41, 5.74) is 9.55. The highest BCUT2D eigenvalue weighted by Gasteiger charge is 2.25. The summed E-state index contributed by atoms with van der Waals surface area (Å²) in [4.78, 5) is 18.7. The van der Waals surface area contributed by atoms with Crippen LogP contribution in [0.5, 0.6) is 0 Å². The third-order valence-electron chi connectivity index (χ3n) is 3.14. The molecule has 0 spiro atoms. The number of amides is 1. The molecule has 0 saturated carbocycles. The third-order valence-corrected chi connectivity index (χ3v) is 3.97. The van der Waals surface area contributed by atoms with Crippen molar-refractivity contribution in [2.45, 2.75) is 12.8 Å². The van der Waals surface area contributed by atoms with Crippen LogP contribution < -0.4 is 10.6 Å². The van der Waals surface area contributed by atoms with Crippen LogP contribution in [0.1, 0.15) is 21.7 Å². The van der Waals surface area contributed by atoms with Gasteiger partial charge in [-0.25, -0.2) is 4.98 Å². The van der Waals surface area contributed by atoms with E-state index < -0.39 is 0 Å². The predicted octanol–water partition coefficient (Wildman–Crippen LogP) is 2.32. The monoisotopic (exact) mass is 259 g/mol. The molecule has 0 saturated heterocycles. The van der Waals surface area contributed by atoms with Crippen LogP contribution in [0.2, 0.25) is 0 Å². The average molecular weight is 259 g/mol. The number of benzene rings is 1. The fourth-order valence-electron chi connectivity index (χ4n) is 2.28. The lowest BCUT2D eigenvalue weighted by molar-refractivity contribution is 0.0989. The zero-order valence-electron chi connectivity index (χ0n) is 9.80. The molecule has 92 valence electrons. The van der Waals surface area contributed by atoms with Crippen molar-refractivity contribution in [3.8, 4) is 0 Å². The van der Waals surface area contributed by atoms with Crippen LogP contribution in [0.3, 0.4) is 0 Å². The molecule has 5 heteroatoms. The van der Waals surface area contributed by atoms with Crippen molar-refractivity contribution in [2.75, 3.05) is 17.2 Å². The lowest BCUT2D eigenvalue weighted by atomic mass is 10.0. The second-order valence-electron chi connectivity index (χ2n) is 4.26. The number of aromatic nitrogens is 1. The molecule has 4 nitrogen and oxygen atoms in total. The largest absolute Gasteiger partial charge is 0.382 e. The van der Waals surface area contributed by atoms with Gasteiger partial charge < -0.3 is 10.6 Å². The molecular weight excluding hydrogens is 246 g/mol. The van der Waals surface area contributed by atoms with Crippen molar-refractivity contribution < 1.29 is 4.79 Å². The Morgan fingerprint density at radius 2 is 2.22 bits per heavy atom. The summed E-state index contributed by atoms with van der Waals surface area (Å²) in [6, 6.07) is 8.03. The SMILES string of the molecule is Nc1ncsc1C(=O)N1CCCc2ccccc21. The Morgan fingerprint density at radius 1 is 1.39 bits per heavy atom. The van der Waals surface area contributed by atoms with Gasteiger partial charge >= 0.3 is 0 Å². The summed E-state index contributed by atoms with van der Waals surface area (Å²) < 4.78 is 0. The van der Waals surface area contributed by atoms with E-state index in [1.807, 2.05) is 23.1 Å². The van der Waals surface area contributed by atoms with Gasteiger partial charge in [-0.1, -0.05) is 18.2 Å². The van der Waals surface area contributed by atoms with Crippen molar-refractivity contribution >= 4 is 28.7 Å². The van der Waals surface area contributed by atoms with Gasteiger partial charge in [-0.3, -0.25) is 4.79 Å². The third kappa shape index (κ3) is 1.76. The fraction of sp³-hybridized carbons (Fsp3) is 0.231.